The van der Waals surface area contributed by atoms with E-state index in [1.165, 1.54) is 18.2 Å². The van der Waals surface area contributed by atoms with E-state index in [4.69, 9.17) is 11.6 Å². The molecule has 0 spiro atoms. The molecule has 3 rings (SSSR count). The zero-order chi connectivity index (χ0) is 21.2. The molecule has 29 heavy (non-hydrogen) atoms. The Kier molecular flexibility index (Phi) is 6.14. The molecule has 9 heteroatoms. The Morgan fingerprint density at radius 1 is 1.24 bits per heavy atom. The van der Waals surface area contributed by atoms with Crippen molar-refractivity contribution in [3.8, 4) is 0 Å². The molecule has 0 saturated carbocycles. The van der Waals surface area contributed by atoms with Gasteiger partial charge in [0.15, 0.2) is 0 Å². The fourth-order valence-electron chi connectivity index (χ4n) is 3.31. The van der Waals surface area contributed by atoms with Crippen molar-refractivity contribution in [3.05, 3.63) is 59.1 Å². The largest absolute Gasteiger partial charge is 0.409 e. The van der Waals surface area contributed by atoms with Crippen LogP contribution in [0.25, 0.3) is 0 Å². The van der Waals surface area contributed by atoms with Crippen LogP contribution in [0.4, 0.5) is 24.5 Å². The Morgan fingerprint density at radius 2 is 1.97 bits per heavy atom. The molecule has 5 nitrogen and oxygen atoms in total. The van der Waals surface area contributed by atoms with Crippen molar-refractivity contribution in [2.75, 3.05) is 23.8 Å². The Balaban J connectivity index is 1.87. The van der Waals surface area contributed by atoms with Crippen LogP contribution in [0.1, 0.15) is 12.0 Å². The lowest BCUT2D eigenvalue weighted by Gasteiger charge is -2.33. The molecular weight excluding hydrogens is 407 g/mol. The van der Waals surface area contributed by atoms with Crippen molar-refractivity contribution in [2.45, 2.75) is 25.2 Å². The summed E-state index contributed by atoms with van der Waals surface area (Å²) in [7, 11) is 1.63. The number of likely N-dealkylation sites (N-methyl/N-ethyl adjacent to an activating group) is 1. The third-order valence-electron chi connectivity index (χ3n) is 4.52. The van der Waals surface area contributed by atoms with Crippen LogP contribution < -0.4 is 10.2 Å². The maximum absolute atomic E-state index is 13.7. The van der Waals surface area contributed by atoms with Gasteiger partial charge in [0, 0.05) is 11.6 Å². The van der Waals surface area contributed by atoms with Crippen LogP contribution in [-0.2, 0) is 16.1 Å². The Morgan fingerprint density at radius 3 is 2.66 bits per heavy atom. The lowest BCUT2D eigenvalue weighted by molar-refractivity contribution is -0.158. The van der Waals surface area contributed by atoms with Crippen LogP contribution in [-0.4, -0.2) is 42.5 Å². The molecule has 1 aliphatic rings. The highest BCUT2D eigenvalue weighted by molar-refractivity contribution is 6.30. The van der Waals surface area contributed by atoms with E-state index in [2.05, 4.69) is 5.32 Å². The standard InChI is InChI=1S/C20H19ClF3N3O2/c1-26(11-13-5-4-6-14(21)9-13)12-19(29)27-16-8-3-2-7-15(16)25-18(28)10-17(27)20(22,23)24/h2-9,17H,10-12H2,1H3,(H,25,28)/t17-/m0/s1. The predicted octanol–water partition coefficient (Wildman–Crippen LogP) is 4.08. The van der Waals surface area contributed by atoms with E-state index in [1.54, 1.807) is 36.2 Å². The van der Waals surface area contributed by atoms with E-state index in [1.807, 2.05) is 6.07 Å². The molecule has 2 amide bonds. The van der Waals surface area contributed by atoms with Gasteiger partial charge in [-0.3, -0.25) is 19.4 Å². The second-order valence-electron chi connectivity index (χ2n) is 6.89. The minimum atomic E-state index is -4.75. The van der Waals surface area contributed by atoms with E-state index in [9.17, 15) is 22.8 Å². The number of benzene rings is 2. The highest BCUT2D eigenvalue weighted by atomic mass is 35.5. The van der Waals surface area contributed by atoms with E-state index >= 15 is 0 Å². The summed E-state index contributed by atoms with van der Waals surface area (Å²) in [5.74, 6) is -1.54. The number of anilines is 2. The zero-order valence-corrected chi connectivity index (χ0v) is 16.3. The normalized spacial score (nSPS) is 17.0. The average molecular weight is 426 g/mol. The SMILES string of the molecule is CN(CC(=O)N1c2ccccc2NC(=O)C[C@H]1C(F)(F)F)Cc1cccc(Cl)c1. The maximum Gasteiger partial charge on any atom is 0.409 e. The van der Waals surface area contributed by atoms with Gasteiger partial charge in [0.25, 0.3) is 0 Å². The summed E-state index contributed by atoms with van der Waals surface area (Å²) in [5, 5.41) is 2.98. The number of rotatable bonds is 4. The predicted molar refractivity (Wildman–Crippen MR) is 105 cm³/mol. The lowest BCUT2D eigenvalue weighted by Crippen LogP contribution is -2.52. The summed E-state index contributed by atoms with van der Waals surface area (Å²) in [6.45, 7) is 0.0667. The fourth-order valence-corrected chi connectivity index (χ4v) is 3.52. The van der Waals surface area contributed by atoms with Crippen LogP contribution in [0.2, 0.25) is 5.02 Å². The number of carbonyl (C=O) groups excluding carboxylic acids is 2. The van der Waals surface area contributed by atoms with Gasteiger partial charge in [0.05, 0.1) is 24.3 Å². The first-order valence-corrected chi connectivity index (χ1v) is 9.23. The number of nitrogens with one attached hydrogen (secondary N) is 1. The number of nitrogens with zero attached hydrogens (tertiary/aromatic N) is 2. The Hall–Kier alpha value is -2.58. The number of para-hydroxylation sites is 2. The second kappa shape index (κ2) is 8.42. The van der Waals surface area contributed by atoms with Gasteiger partial charge in [-0.15, -0.1) is 0 Å². The quantitative estimate of drug-likeness (QED) is 0.803. The Labute approximate surface area is 171 Å². The minimum Gasteiger partial charge on any atom is -0.324 e. The molecule has 0 aliphatic carbocycles. The van der Waals surface area contributed by atoms with Crippen LogP contribution >= 0.6 is 11.6 Å². The molecule has 0 radical (unpaired) electrons. The van der Waals surface area contributed by atoms with Gasteiger partial charge in [0.1, 0.15) is 6.04 Å². The van der Waals surface area contributed by atoms with Crippen molar-refractivity contribution < 1.29 is 22.8 Å². The molecule has 2 aromatic carbocycles. The van der Waals surface area contributed by atoms with Crippen LogP contribution in [0.15, 0.2) is 48.5 Å². The van der Waals surface area contributed by atoms with Gasteiger partial charge in [0.2, 0.25) is 11.8 Å². The number of hydrogen-bond acceptors (Lipinski definition) is 3. The summed E-state index contributed by atoms with van der Waals surface area (Å²) >= 11 is 5.96. The van der Waals surface area contributed by atoms with Gasteiger partial charge >= 0.3 is 6.18 Å². The molecule has 0 saturated heterocycles. The molecule has 0 fully saturated rings. The highest BCUT2D eigenvalue weighted by Crippen LogP contribution is 2.37. The minimum absolute atomic E-state index is 0.0295. The number of hydrogen-bond donors (Lipinski definition) is 1. The molecule has 0 aromatic heterocycles. The summed E-state index contributed by atoms with van der Waals surface area (Å²) in [6, 6.07) is 10.8. The molecule has 2 aromatic rings. The van der Waals surface area contributed by atoms with Gasteiger partial charge in [-0.1, -0.05) is 35.9 Å². The van der Waals surface area contributed by atoms with Crippen molar-refractivity contribution in [2.24, 2.45) is 0 Å². The third kappa shape index (κ3) is 5.07. The van der Waals surface area contributed by atoms with Crippen molar-refractivity contribution >= 4 is 34.8 Å². The van der Waals surface area contributed by atoms with Gasteiger partial charge in [-0.25, -0.2) is 0 Å². The summed E-state index contributed by atoms with van der Waals surface area (Å²) < 4.78 is 41.2. The number of amides is 2. The molecule has 1 heterocycles. The first kappa shape index (κ1) is 21.1. The summed E-state index contributed by atoms with van der Waals surface area (Å²) in [4.78, 5) is 27.2. The maximum atomic E-state index is 13.7. The number of halogens is 4. The summed E-state index contributed by atoms with van der Waals surface area (Å²) in [6.07, 6.45) is -5.61. The van der Waals surface area contributed by atoms with Crippen molar-refractivity contribution in [1.82, 2.24) is 4.90 Å². The van der Waals surface area contributed by atoms with Crippen LogP contribution in [0.3, 0.4) is 0 Å². The second-order valence-corrected chi connectivity index (χ2v) is 7.33. The van der Waals surface area contributed by atoms with E-state index in [0.717, 1.165) is 5.56 Å². The van der Waals surface area contributed by atoms with Gasteiger partial charge in [-0.05, 0) is 36.9 Å². The van der Waals surface area contributed by atoms with E-state index in [0.29, 0.717) is 16.5 Å². The smallest absolute Gasteiger partial charge is 0.324 e. The zero-order valence-electron chi connectivity index (χ0n) is 15.5. The molecule has 0 bridgehead atoms. The molecule has 1 aliphatic heterocycles. The average Bonchev–Trinajstić information content (AvgIpc) is 2.77. The van der Waals surface area contributed by atoms with Crippen molar-refractivity contribution in [3.63, 3.8) is 0 Å². The molecular formula is C20H19ClF3N3O2. The lowest BCUT2D eigenvalue weighted by atomic mass is 10.1. The van der Waals surface area contributed by atoms with Gasteiger partial charge < -0.3 is 5.32 Å². The van der Waals surface area contributed by atoms with E-state index in [-0.39, 0.29) is 17.9 Å². The first-order chi connectivity index (χ1) is 13.6. The molecule has 1 atom stereocenters. The number of fused-ring (bicyclic) bond motifs is 1. The molecule has 0 unspecified atom stereocenters. The monoisotopic (exact) mass is 425 g/mol. The van der Waals surface area contributed by atoms with E-state index < -0.39 is 30.5 Å². The van der Waals surface area contributed by atoms with Crippen LogP contribution in [0.5, 0.6) is 0 Å². The topological polar surface area (TPSA) is 52.7 Å². The first-order valence-electron chi connectivity index (χ1n) is 8.86. The Bertz CT molecular complexity index is 920. The molecule has 1 N–H and O–H groups in total. The van der Waals surface area contributed by atoms with Gasteiger partial charge in [-0.2, -0.15) is 13.2 Å². The number of carbonyl (C=O) groups is 2. The highest BCUT2D eigenvalue weighted by Gasteiger charge is 2.49. The van der Waals surface area contributed by atoms with Crippen LogP contribution in [0, 0.1) is 0 Å². The third-order valence-corrected chi connectivity index (χ3v) is 4.76. The fraction of sp³-hybridized carbons (Fsp3) is 0.300. The van der Waals surface area contributed by atoms with Crippen molar-refractivity contribution in [1.29, 1.82) is 0 Å². The molecule has 154 valence electrons. The number of alkyl halides is 3. The summed E-state index contributed by atoms with van der Waals surface area (Å²) in [5.41, 5.74) is 1.03.